The Morgan fingerprint density at radius 2 is 1.76 bits per heavy atom. The number of amides is 1. The number of benzene rings is 2. The van der Waals surface area contributed by atoms with Gasteiger partial charge in [0.05, 0.1) is 0 Å². The van der Waals surface area contributed by atoms with Crippen molar-refractivity contribution in [2.45, 2.75) is 19.6 Å². The van der Waals surface area contributed by atoms with Gasteiger partial charge < -0.3 is 14.1 Å². The fraction of sp³-hybridized carbons (Fsp3) is 0.200. The Hall–Kier alpha value is -3.08. The molecule has 0 saturated heterocycles. The summed E-state index contributed by atoms with van der Waals surface area (Å²) in [5.74, 6) is -0.829. The molecule has 128 valence electrons. The molecule has 5 nitrogen and oxygen atoms in total. The van der Waals surface area contributed by atoms with Crippen LogP contribution in [0.15, 0.2) is 65.1 Å². The van der Waals surface area contributed by atoms with Crippen LogP contribution in [-0.4, -0.2) is 29.9 Å². The van der Waals surface area contributed by atoms with Gasteiger partial charge in [-0.3, -0.25) is 4.79 Å². The number of rotatable bonds is 5. The second-order valence-electron chi connectivity index (χ2n) is 5.88. The van der Waals surface area contributed by atoms with Crippen molar-refractivity contribution in [3.05, 3.63) is 72.0 Å². The Bertz CT molecular complexity index is 852. The summed E-state index contributed by atoms with van der Waals surface area (Å²) in [7, 11) is 1.68. The van der Waals surface area contributed by atoms with Crippen LogP contribution in [-0.2, 0) is 16.1 Å². The van der Waals surface area contributed by atoms with E-state index in [4.69, 9.17) is 9.15 Å². The van der Waals surface area contributed by atoms with Gasteiger partial charge in [-0.05, 0) is 24.6 Å². The van der Waals surface area contributed by atoms with Crippen molar-refractivity contribution in [3.8, 4) is 0 Å². The van der Waals surface area contributed by atoms with Crippen LogP contribution in [0.25, 0.3) is 11.0 Å². The summed E-state index contributed by atoms with van der Waals surface area (Å²) in [6.07, 6.45) is -0.894. The first kappa shape index (κ1) is 16.8. The molecule has 0 aliphatic rings. The van der Waals surface area contributed by atoms with Crippen LogP contribution in [0.4, 0.5) is 0 Å². The van der Waals surface area contributed by atoms with Crippen LogP contribution in [0.5, 0.6) is 0 Å². The molecular weight excluding hydrogens is 318 g/mol. The Balaban J connectivity index is 1.63. The minimum absolute atomic E-state index is 0.0894. The van der Waals surface area contributed by atoms with Crippen molar-refractivity contribution in [1.82, 2.24) is 4.90 Å². The lowest BCUT2D eigenvalue weighted by molar-refractivity contribution is -0.139. The largest absolute Gasteiger partial charge is 0.449 e. The lowest BCUT2D eigenvalue weighted by atomic mass is 10.2. The quantitative estimate of drug-likeness (QED) is 0.667. The second-order valence-corrected chi connectivity index (χ2v) is 5.88. The molecule has 0 radical (unpaired) electrons. The van der Waals surface area contributed by atoms with E-state index in [-0.39, 0.29) is 11.7 Å². The Labute approximate surface area is 145 Å². The first-order chi connectivity index (χ1) is 12.0. The van der Waals surface area contributed by atoms with Crippen LogP contribution in [0.3, 0.4) is 0 Å². The number of fused-ring (bicyclic) bond motifs is 1. The average Bonchev–Trinajstić information content (AvgIpc) is 3.06. The molecule has 3 aromatic rings. The zero-order valence-electron chi connectivity index (χ0n) is 14.1. The predicted molar refractivity (Wildman–Crippen MR) is 94.0 cm³/mol. The monoisotopic (exact) mass is 337 g/mol. The van der Waals surface area contributed by atoms with Crippen molar-refractivity contribution in [2.75, 3.05) is 7.05 Å². The standard InChI is InChI=1S/C20H19NO4/c1-14(19(22)21(2)13-15-8-4-3-5-9-15)24-20(23)18-12-16-10-6-7-11-17(16)25-18/h3-12,14H,13H2,1-2H3/t14-/m0/s1. The van der Waals surface area contributed by atoms with Crippen LogP contribution < -0.4 is 0 Å². The number of nitrogens with zero attached hydrogens (tertiary/aromatic N) is 1. The highest BCUT2D eigenvalue weighted by Crippen LogP contribution is 2.20. The van der Waals surface area contributed by atoms with E-state index >= 15 is 0 Å². The highest BCUT2D eigenvalue weighted by atomic mass is 16.6. The SMILES string of the molecule is C[C@H](OC(=O)c1cc2ccccc2o1)C(=O)N(C)Cc1ccccc1. The molecule has 0 N–H and O–H groups in total. The normalized spacial score (nSPS) is 11.9. The number of hydrogen-bond donors (Lipinski definition) is 0. The maximum absolute atomic E-state index is 12.4. The highest BCUT2D eigenvalue weighted by Gasteiger charge is 2.24. The van der Waals surface area contributed by atoms with Crippen LogP contribution >= 0.6 is 0 Å². The fourth-order valence-corrected chi connectivity index (χ4v) is 2.60. The Morgan fingerprint density at radius 1 is 1.08 bits per heavy atom. The number of hydrogen-bond acceptors (Lipinski definition) is 4. The third kappa shape index (κ3) is 3.88. The van der Waals surface area contributed by atoms with E-state index in [2.05, 4.69) is 0 Å². The zero-order valence-corrected chi connectivity index (χ0v) is 14.1. The molecule has 0 spiro atoms. The van der Waals surface area contributed by atoms with E-state index in [1.807, 2.05) is 48.5 Å². The summed E-state index contributed by atoms with van der Waals surface area (Å²) in [5.41, 5.74) is 1.61. The van der Waals surface area contributed by atoms with E-state index in [0.29, 0.717) is 12.1 Å². The summed E-state index contributed by atoms with van der Waals surface area (Å²) in [6, 6.07) is 18.5. The number of para-hydroxylation sites is 1. The summed E-state index contributed by atoms with van der Waals surface area (Å²) in [5, 5.41) is 0.814. The number of carbonyl (C=O) groups is 2. The Kier molecular flexibility index (Phi) is 4.84. The van der Waals surface area contributed by atoms with E-state index in [1.165, 1.54) is 4.90 Å². The number of likely N-dealkylation sites (N-methyl/N-ethyl adjacent to an activating group) is 1. The first-order valence-corrected chi connectivity index (χ1v) is 8.03. The number of esters is 1. The third-order valence-corrected chi connectivity index (χ3v) is 3.90. The molecule has 1 atom stereocenters. The predicted octanol–water partition coefficient (Wildman–Crippen LogP) is 3.64. The number of ether oxygens (including phenoxy) is 1. The van der Waals surface area contributed by atoms with Gasteiger partial charge in [-0.25, -0.2) is 4.79 Å². The Morgan fingerprint density at radius 3 is 2.48 bits per heavy atom. The van der Waals surface area contributed by atoms with Crippen LogP contribution in [0.2, 0.25) is 0 Å². The molecule has 25 heavy (non-hydrogen) atoms. The minimum Gasteiger partial charge on any atom is -0.449 e. The molecular formula is C20H19NO4. The maximum atomic E-state index is 12.4. The molecule has 0 aliphatic carbocycles. The van der Waals surface area contributed by atoms with Gasteiger partial charge in [0.15, 0.2) is 6.10 Å². The number of carbonyl (C=O) groups excluding carboxylic acids is 2. The smallest absolute Gasteiger partial charge is 0.375 e. The van der Waals surface area contributed by atoms with E-state index < -0.39 is 12.1 Å². The molecule has 1 heterocycles. The topological polar surface area (TPSA) is 59.8 Å². The lowest BCUT2D eigenvalue weighted by Gasteiger charge is -2.21. The van der Waals surface area contributed by atoms with Gasteiger partial charge in [0, 0.05) is 19.0 Å². The van der Waals surface area contributed by atoms with E-state index in [1.54, 1.807) is 26.1 Å². The van der Waals surface area contributed by atoms with Gasteiger partial charge in [0.1, 0.15) is 5.58 Å². The van der Waals surface area contributed by atoms with Crippen LogP contribution in [0.1, 0.15) is 23.0 Å². The van der Waals surface area contributed by atoms with Crippen molar-refractivity contribution in [3.63, 3.8) is 0 Å². The summed E-state index contributed by atoms with van der Waals surface area (Å²) in [6.45, 7) is 2.01. The summed E-state index contributed by atoms with van der Waals surface area (Å²) < 4.78 is 10.7. The van der Waals surface area contributed by atoms with Crippen LogP contribution in [0, 0.1) is 0 Å². The first-order valence-electron chi connectivity index (χ1n) is 8.03. The number of furan rings is 1. The maximum Gasteiger partial charge on any atom is 0.375 e. The molecule has 0 aliphatic heterocycles. The molecule has 1 amide bonds. The van der Waals surface area contributed by atoms with Gasteiger partial charge in [0.25, 0.3) is 5.91 Å². The van der Waals surface area contributed by atoms with Gasteiger partial charge in [-0.1, -0.05) is 48.5 Å². The molecule has 2 aromatic carbocycles. The summed E-state index contributed by atoms with van der Waals surface area (Å²) >= 11 is 0. The molecule has 0 fully saturated rings. The molecule has 3 rings (SSSR count). The van der Waals surface area contributed by atoms with Gasteiger partial charge >= 0.3 is 5.97 Å². The average molecular weight is 337 g/mol. The molecule has 5 heteroatoms. The van der Waals surface area contributed by atoms with Crippen molar-refractivity contribution in [2.24, 2.45) is 0 Å². The highest BCUT2D eigenvalue weighted by molar-refractivity contribution is 5.94. The van der Waals surface area contributed by atoms with E-state index in [0.717, 1.165) is 10.9 Å². The van der Waals surface area contributed by atoms with Gasteiger partial charge in [-0.2, -0.15) is 0 Å². The third-order valence-electron chi connectivity index (χ3n) is 3.90. The zero-order chi connectivity index (χ0) is 17.8. The molecule has 1 aromatic heterocycles. The molecule has 0 bridgehead atoms. The van der Waals surface area contributed by atoms with Gasteiger partial charge in [0.2, 0.25) is 5.76 Å². The second kappa shape index (κ2) is 7.21. The fourth-order valence-electron chi connectivity index (χ4n) is 2.60. The van der Waals surface area contributed by atoms with Crippen molar-refractivity contribution >= 4 is 22.8 Å². The van der Waals surface area contributed by atoms with Gasteiger partial charge in [-0.15, -0.1) is 0 Å². The summed E-state index contributed by atoms with van der Waals surface area (Å²) in [4.78, 5) is 26.2. The molecule has 0 unspecified atom stereocenters. The van der Waals surface area contributed by atoms with E-state index in [9.17, 15) is 9.59 Å². The van der Waals surface area contributed by atoms with Crippen molar-refractivity contribution in [1.29, 1.82) is 0 Å². The molecule has 0 saturated carbocycles. The lowest BCUT2D eigenvalue weighted by Crippen LogP contribution is -2.37. The minimum atomic E-state index is -0.894. The van der Waals surface area contributed by atoms with Crippen molar-refractivity contribution < 1.29 is 18.7 Å².